The number of para-hydroxylation sites is 1. The number of hydrogen-bond acceptors (Lipinski definition) is 2. The topological polar surface area (TPSA) is 38.3 Å². The molecule has 0 aliphatic carbocycles. The van der Waals surface area contributed by atoms with Crippen LogP contribution in [0.3, 0.4) is 0 Å². The van der Waals surface area contributed by atoms with E-state index in [9.17, 15) is 4.79 Å². The van der Waals surface area contributed by atoms with Gasteiger partial charge in [0.25, 0.3) is 0 Å². The van der Waals surface area contributed by atoms with Crippen LogP contribution in [0.2, 0.25) is 0 Å². The largest absolute Gasteiger partial charge is 0.495 e. The van der Waals surface area contributed by atoms with Crippen molar-refractivity contribution in [2.45, 2.75) is 25.7 Å². The molecule has 3 heteroatoms. The Morgan fingerprint density at radius 2 is 2.33 bits per heavy atom. The number of anilines is 1. The molecule has 0 radical (unpaired) electrons. The minimum Gasteiger partial charge on any atom is -0.495 e. The predicted molar refractivity (Wildman–Crippen MR) is 59.3 cm³/mol. The summed E-state index contributed by atoms with van der Waals surface area (Å²) in [6.07, 6.45) is 1.56. The van der Waals surface area contributed by atoms with Crippen LogP contribution in [0.25, 0.3) is 0 Å². The molecule has 1 aliphatic rings. The Balaban J connectivity index is 2.49. The van der Waals surface area contributed by atoms with Gasteiger partial charge in [-0.05, 0) is 24.0 Å². The van der Waals surface area contributed by atoms with E-state index in [0.29, 0.717) is 12.3 Å². The lowest BCUT2D eigenvalue weighted by Gasteiger charge is -2.25. The number of nitrogens with one attached hydrogen (secondary N) is 1. The maximum Gasteiger partial charge on any atom is 0.225 e. The van der Waals surface area contributed by atoms with Crippen molar-refractivity contribution >= 4 is 11.6 Å². The molecule has 0 bridgehead atoms. The first-order valence-corrected chi connectivity index (χ1v) is 5.23. The Bertz CT molecular complexity index is 387. The van der Waals surface area contributed by atoms with E-state index in [2.05, 4.69) is 18.3 Å². The number of ether oxygens (including phenoxy) is 1. The van der Waals surface area contributed by atoms with Gasteiger partial charge in [0.15, 0.2) is 0 Å². The molecule has 1 unspecified atom stereocenters. The van der Waals surface area contributed by atoms with Gasteiger partial charge in [0.1, 0.15) is 5.75 Å². The number of hydrogen-bond donors (Lipinski definition) is 1. The summed E-state index contributed by atoms with van der Waals surface area (Å²) >= 11 is 0. The molecule has 1 heterocycles. The molecule has 2 rings (SSSR count). The minimum atomic E-state index is 0.0823. The molecule has 1 aromatic rings. The average Bonchev–Trinajstić information content (AvgIpc) is 2.27. The average molecular weight is 205 g/mol. The highest BCUT2D eigenvalue weighted by atomic mass is 16.5. The standard InChI is InChI=1S/C12H15NO2/c1-3-8-7-11(14)13-12-9(8)5-4-6-10(12)15-2/h4-6,8H,3,7H2,1-2H3,(H,13,14). The van der Waals surface area contributed by atoms with E-state index in [4.69, 9.17) is 4.74 Å². The van der Waals surface area contributed by atoms with Gasteiger partial charge < -0.3 is 10.1 Å². The second-order valence-corrected chi connectivity index (χ2v) is 3.78. The van der Waals surface area contributed by atoms with Crippen molar-refractivity contribution in [1.29, 1.82) is 0 Å². The zero-order valence-corrected chi connectivity index (χ0v) is 9.04. The summed E-state index contributed by atoms with van der Waals surface area (Å²) in [5.74, 6) is 1.15. The van der Waals surface area contributed by atoms with E-state index in [0.717, 1.165) is 17.9 Å². The van der Waals surface area contributed by atoms with Gasteiger partial charge in [-0.3, -0.25) is 4.79 Å². The van der Waals surface area contributed by atoms with E-state index in [1.54, 1.807) is 7.11 Å². The van der Waals surface area contributed by atoms with Crippen LogP contribution >= 0.6 is 0 Å². The second-order valence-electron chi connectivity index (χ2n) is 3.78. The second kappa shape index (κ2) is 3.93. The smallest absolute Gasteiger partial charge is 0.225 e. The maximum atomic E-state index is 11.5. The Labute approximate surface area is 89.4 Å². The first-order valence-electron chi connectivity index (χ1n) is 5.23. The van der Waals surface area contributed by atoms with Crippen LogP contribution in [-0.4, -0.2) is 13.0 Å². The number of carbonyl (C=O) groups excluding carboxylic acids is 1. The van der Waals surface area contributed by atoms with Gasteiger partial charge in [0.05, 0.1) is 12.8 Å². The summed E-state index contributed by atoms with van der Waals surface area (Å²) in [4.78, 5) is 11.5. The molecule has 1 N–H and O–H groups in total. The monoisotopic (exact) mass is 205 g/mol. The summed E-state index contributed by atoms with van der Waals surface area (Å²) in [6, 6.07) is 5.90. The van der Waals surface area contributed by atoms with Gasteiger partial charge in [-0.25, -0.2) is 0 Å². The molecule has 0 saturated carbocycles. The first-order chi connectivity index (χ1) is 7.26. The summed E-state index contributed by atoms with van der Waals surface area (Å²) in [7, 11) is 1.62. The van der Waals surface area contributed by atoms with Gasteiger partial charge >= 0.3 is 0 Å². The molecular formula is C12H15NO2. The van der Waals surface area contributed by atoms with Crippen LogP contribution in [0.5, 0.6) is 5.75 Å². The van der Waals surface area contributed by atoms with Gasteiger partial charge in [-0.2, -0.15) is 0 Å². The fourth-order valence-corrected chi connectivity index (χ4v) is 2.08. The number of carbonyl (C=O) groups is 1. The lowest BCUT2D eigenvalue weighted by Crippen LogP contribution is -2.23. The number of methoxy groups -OCH3 is 1. The third kappa shape index (κ3) is 1.69. The Hall–Kier alpha value is -1.51. The number of benzene rings is 1. The molecule has 15 heavy (non-hydrogen) atoms. The molecule has 0 spiro atoms. The minimum absolute atomic E-state index is 0.0823. The molecule has 0 saturated heterocycles. The van der Waals surface area contributed by atoms with Crippen LogP contribution in [0.1, 0.15) is 31.2 Å². The van der Waals surface area contributed by atoms with Crippen LogP contribution in [-0.2, 0) is 4.79 Å². The highest BCUT2D eigenvalue weighted by molar-refractivity contribution is 5.96. The number of rotatable bonds is 2. The maximum absolute atomic E-state index is 11.5. The summed E-state index contributed by atoms with van der Waals surface area (Å²) in [6.45, 7) is 2.10. The number of fused-ring (bicyclic) bond motifs is 1. The summed E-state index contributed by atoms with van der Waals surface area (Å²) in [5.41, 5.74) is 2.04. The molecule has 1 aromatic carbocycles. The fourth-order valence-electron chi connectivity index (χ4n) is 2.08. The van der Waals surface area contributed by atoms with Crippen LogP contribution in [0.4, 0.5) is 5.69 Å². The molecule has 1 atom stereocenters. The van der Waals surface area contributed by atoms with Crippen LogP contribution in [0, 0.1) is 0 Å². The van der Waals surface area contributed by atoms with Gasteiger partial charge in [-0.1, -0.05) is 19.1 Å². The Morgan fingerprint density at radius 3 is 3.00 bits per heavy atom. The van der Waals surface area contributed by atoms with Gasteiger partial charge in [0, 0.05) is 6.42 Å². The van der Waals surface area contributed by atoms with Gasteiger partial charge in [0.2, 0.25) is 5.91 Å². The summed E-state index contributed by atoms with van der Waals surface area (Å²) < 4.78 is 5.24. The van der Waals surface area contributed by atoms with E-state index in [1.807, 2.05) is 12.1 Å². The van der Waals surface area contributed by atoms with Crippen molar-refractivity contribution in [3.63, 3.8) is 0 Å². The molecule has 0 fully saturated rings. The van der Waals surface area contributed by atoms with E-state index in [-0.39, 0.29) is 5.91 Å². The normalized spacial score (nSPS) is 19.3. The van der Waals surface area contributed by atoms with Crippen molar-refractivity contribution in [3.8, 4) is 5.75 Å². The van der Waals surface area contributed by atoms with E-state index < -0.39 is 0 Å². The zero-order chi connectivity index (χ0) is 10.8. The SMILES string of the molecule is CCC1CC(=O)Nc2c(OC)cccc21. The van der Waals surface area contributed by atoms with Crippen molar-refractivity contribution in [3.05, 3.63) is 23.8 Å². The molecule has 1 aliphatic heterocycles. The predicted octanol–water partition coefficient (Wildman–Crippen LogP) is 2.53. The zero-order valence-electron chi connectivity index (χ0n) is 9.04. The summed E-state index contributed by atoms with van der Waals surface area (Å²) in [5, 5.41) is 2.88. The van der Waals surface area contributed by atoms with Gasteiger partial charge in [-0.15, -0.1) is 0 Å². The molecule has 0 aromatic heterocycles. The highest BCUT2D eigenvalue weighted by Gasteiger charge is 2.25. The number of amides is 1. The highest BCUT2D eigenvalue weighted by Crippen LogP contribution is 2.39. The fraction of sp³-hybridized carbons (Fsp3) is 0.417. The van der Waals surface area contributed by atoms with Crippen molar-refractivity contribution in [1.82, 2.24) is 0 Å². The molecule has 1 amide bonds. The van der Waals surface area contributed by atoms with Crippen LogP contribution in [0.15, 0.2) is 18.2 Å². The van der Waals surface area contributed by atoms with Crippen molar-refractivity contribution in [2.24, 2.45) is 0 Å². The van der Waals surface area contributed by atoms with Crippen LogP contribution < -0.4 is 10.1 Å². The lowest BCUT2D eigenvalue weighted by molar-refractivity contribution is -0.116. The van der Waals surface area contributed by atoms with E-state index >= 15 is 0 Å². The van der Waals surface area contributed by atoms with E-state index in [1.165, 1.54) is 5.56 Å². The first kappa shape index (κ1) is 10.0. The Morgan fingerprint density at radius 1 is 1.53 bits per heavy atom. The van der Waals surface area contributed by atoms with Crippen molar-refractivity contribution in [2.75, 3.05) is 12.4 Å². The molecule has 80 valence electrons. The molecule has 3 nitrogen and oxygen atoms in total. The lowest BCUT2D eigenvalue weighted by atomic mass is 9.88. The third-order valence-electron chi connectivity index (χ3n) is 2.91. The Kier molecular flexibility index (Phi) is 2.62. The molecular weight excluding hydrogens is 190 g/mol. The van der Waals surface area contributed by atoms with Crippen molar-refractivity contribution < 1.29 is 9.53 Å². The third-order valence-corrected chi connectivity index (χ3v) is 2.91. The quantitative estimate of drug-likeness (QED) is 0.805.